The zero-order valence-electron chi connectivity index (χ0n) is 18.0. The number of carbonyl (C=O) groups is 1. The lowest BCUT2D eigenvalue weighted by atomic mass is 9.87. The third kappa shape index (κ3) is 5.55. The maximum absolute atomic E-state index is 13.0. The van der Waals surface area contributed by atoms with E-state index in [1.54, 1.807) is 4.31 Å². The van der Waals surface area contributed by atoms with E-state index in [1.807, 2.05) is 42.5 Å². The normalized spacial score (nSPS) is 21.9. The van der Waals surface area contributed by atoms with Crippen molar-refractivity contribution in [1.82, 2.24) is 9.62 Å². The van der Waals surface area contributed by atoms with E-state index in [0.29, 0.717) is 19.5 Å². The summed E-state index contributed by atoms with van der Waals surface area (Å²) in [6.07, 6.45) is 5.89. The number of aryl methyl sites for hydroxylation is 2. The lowest BCUT2D eigenvalue weighted by Crippen LogP contribution is -2.47. The Morgan fingerprint density at radius 1 is 1.00 bits per heavy atom. The molecule has 0 bridgehead atoms. The van der Waals surface area contributed by atoms with Gasteiger partial charge in [-0.2, -0.15) is 0 Å². The van der Waals surface area contributed by atoms with Gasteiger partial charge in [-0.05, 0) is 61.6 Å². The fraction of sp³-hybridized carbons (Fsp3) is 0.480. The van der Waals surface area contributed by atoms with Crippen molar-refractivity contribution in [3.8, 4) is 0 Å². The molecule has 2 aromatic rings. The maximum Gasteiger partial charge on any atom is 0.224 e. The SMILES string of the molecule is O=C(N[C@H]1CCCc2ccccc21)[C@@H]1CCCN(S(=O)(=O)CCCc2ccccc2)C1. The lowest BCUT2D eigenvalue weighted by Gasteiger charge is -2.33. The van der Waals surface area contributed by atoms with Gasteiger partial charge in [-0.25, -0.2) is 12.7 Å². The van der Waals surface area contributed by atoms with Crippen LogP contribution in [0.4, 0.5) is 0 Å². The molecule has 0 unspecified atom stereocenters. The molecule has 0 radical (unpaired) electrons. The molecule has 0 spiro atoms. The quantitative estimate of drug-likeness (QED) is 0.711. The summed E-state index contributed by atoms with van der Waals surface area (Å²) in [6.45, 7) is 0.817. The Morgan fingerprint density at radius 2 is 1.77 bits per heavy atom. The molecule has 2 atom stereocenters. The first kappa shape index (κ1) is 22.0. The van der Waals surface area contributed by atoms with Gasteiger partial charge in [0.05, 0.1) is 17.7 Å². The minimum absolute atomic E-state index is 0.00844. The molecule has 5 nitrogen and oxygen atoms in total. The van der Waals surface area contributed by atoms with Crippen LogP contribution in [0.2, 0.25) is 0 Å². The highest BCUT2D eigenvalue weighted by molar-refractivity contribution is 7.89. The second kappa shape index (κ2) is 9.96. The standard InChI is InChI=1S/C25H32N2O3S/c28-25(26-24-16-6-13-21-12-4-5-15-23(21)24)22-14-7-17-27(19-22)31(29,30)18-8-11-20-9-2-1-3-10-20/h1-5,9-10,12,15,22,24H,6-8,11,13-14,16-19H2,(H,26,28)/t22-,24+/m1/s1. The van der Waals surface area contributed by atoms with Gasteiger partial charge in [-0.1, -0.05) is 54.6 Å². The zero-order valence-corrected chi connectivity index (χ0v) is 18.8. The van der Waals surface area contributed by atoms with E-state index >= 15 is 0 Å². The molecule has 166 valence electrons. The summed E-state index contributed by atoms with van der Waals surface area (Å²) in [6, 6.07) is 18.3. The van der Waals surface area contributed by atoms with Crippen LogP contribution in [0.25, 0.3) is 0 Å². The highest BCUT2D eigenvalue weighted by Gasteiger charge is 2.33. The van der Waals surface area contributed by atoms with Crippen LogP contribution in [-0.2, 0) is 27.7 Å². The number of carbonyl (C=O) groups excluding carboxylic acids is 1. The predicted molar refractivity (Wildman–Crippen MR) is 123 cm³/mol. The van der Waals surface area contributed by atoms with Crippen LogP contribution in [0.1, 0.15) is 54.8 Å². The van der Waals surface area contributed by atoms with E-state index in [1.165, 1.54) is 11.1 Å². The minimum Gasteiger partial charge on any atom is -0.349 e. The first-order valence-corrected chi connectivity index (χ1v) is 13.0. The number of rotatable bonds is 7. The molecule has 1 N–H and O–H groups in total. The fourth-order valence-corrected chi connectivity index (χ4v) is 6.42. The van der Waals surface area contributed by atoms with Crippen LogP contribution in [0.5, 0.6) is 0 Å². The van der Waals surface area contributed by atoms with E-state index in [2.05, 4.69) is 17.4 Å². The monoisotopic (exact) mass is 440 g/mol. The van der Waals surface area contributed by atoms with E-state index < -0.39 is 10.0 Å². The first-order chi connectivity index (χ1) is 15.0. The largest absolute Gasteiger partial charge is 0.349 e. The molecular formula is C25H32N2O3S. The van der Waals surface area contributed by atoms with Crippen molar-refractivity contribution in [2.24, 2.45) is 5.92 Å². The highest BCUT2D eigenvalue weighted by Crippen LogP contribution is 2.30. The summed E-state index contributed by atoms with van der Waals surface area (Å²) in [5.41, 5.74) is 3.68. The van der Waals surface area contributed by atoms with Crippen molar-refractivity contribution >= 4 is 15.9 Å². The van der Waals surface area contributed by atoms with Crippen LogP contribution in [-0.4, -0.2) is 37.5 Å². The summed E-state index contributed by atoms with van der Waals surface area (Å²) in [5.74, 6) is -0.149. The number of piperidine rings is 1. The number of fused-ring (bicyclic) bond motifs is 1. The van der Waals surface area contributed by atoms with Gasteiger partial charge in [0.15, 0.2) is 0 Å². The van der Waals surface area contributed by atoms with Gasteiger partial charge in [0.1, 0.15) is 0 Å². The number of amides is 1. The Balaban J connectivity index is 1.33. The molecule has 1 saturated heterocycles. The second-order valence-electron chi connectivity index (χ2n) is 8.75. The Bertz CT molecular complexity index is 991. The minimum atomic E-state index is -3.35. The van der Waals surface area contributed by atoms with Crippen molar-refractivity contribution in [3.05, 3.63) is 71.3 Å². The van der Waals surface area contributed by atoms with Gasteiger partial charge in [0.2, 0.25) is 15.9 Å². The number of benzene rings is 2. The Labute approximate surface area is 185 Å². The Hall–Kier alpha value is -2.18. The lowest BCUT2D eigenvalue weighted by molar-refractivity contribution is -0.127. The molecule has 1 fully saturated rings. The molecule has 31 heavy (non-hydrogen) atoms. The summed E-state index contributed by atoms with van der Waals surface area (Å²) in [5, 5.41) is 3.22. The van der Waals surface area contributed by atoms with Gasteiger partial charge in [0.25, 0.3) is 0 Å². The molecule has 2 aromatic carbocycles. The summed E-state index contributed by atoms with van der Waals surface area (Å²) in [4.78, 5) is 13.0. The molecule has 2 aliphatic rings. The smallest absolute Gasteiger partial charge is 0.224 e. The molecule has 4 rings (SSSR count). The number of nitrogens with zero attached hydrogens (tertiary/aromatic N) is 1. The van der Waals surface area contributed by atoms with Crippen molar-refractivity contribution in [3.63, 3.8) is 0 Å². The molecule has 1 aliphatic heterocycles. The van der Waals surface area contributed by atoms with Crippen molar-refractivity contribution in [1.29, 1.82) is 0 Å². The van der Waals surface area contributed by atoms with Crippen LogP contribution in [0.15, 0.2) is 54.6 Å². The van der Waals surface area contributed by atoms with Gasteiger partial charge in [0, 0.05) is 13.1 Å². The number of hydrogen-bond donors (Lipinski definition) is 1. The maximum atomic E-state index is 13.0. The highest BCUT2D eigenvalue weighted by atomic mass is 32.2. The third-order valence-electron chi connectivity index (χ3n) is 6.54. The Morgan fingerprint density at radius 3 is 2.61 bits per heavy atom. The molecule has 0 aromatic heterocycles. The van der Waals surface area contributed by atoms with E-state index in [0.717, 1.165) is 44.1 Å². The summed E-state index contributed by atoms with van der Waals surface area (Å²) < 4.78 is 27.3. The molecule has 0 saturated carbocycles. The second-order valence-corrected chi connectivity index (χ2v) is 10.8. The predicted octanol–water partition coefficient (Wildman–Crippen LogP) is 3.85. The molecule has 1 aliphatic carbocycles. The van der Waals surface area contributed by atoms with Crippen molar-refractivity contribution < 1.29 is 13.2 Å². The molecule has 1 heterocycles. The van der Waals surface area contributed by atoms with Gasteiger partial charge >= 0.3 is 0 Å². The zero-order chi connectivity index (χ0) is 21.7. The average Bonchev–Trinajstić information content (AvgIpc) is 2.80. The van der Waals surface area contributed by atoms with Crippen molar-refractivity contribution in [2.45, 2.75) is 51.0 Å². The Kier molecular flexibility index (Phi) is 7.08. The van der Waals surface area contributed by atoms with Crippen LogP contribution >= 0.6 is 0 Å². The van der Waals surface area contributed by atoms with E-state index in [4.69, 9.17) is 0 Å². The van der Waals surface area contributed by atoms with Crippen LogP contribution in [0, 0.1) is 5.92 Å². The van der Waals surface area contributed by atoms with E-state index in [-0.39, 0.29) is 23.6 Å². The van der Waals surface area contributed by atoms with E-state index in [9.17, 15) is 13.2 Å². The number of nitrogens with one attached hydrogen (secondary N) is 1. The fourth-order valence-electron chi connectivity index (χ4n) is 4.83. The van der Waals surface area contributed by atoms with Gasteiger partial charge in [-0.15, -0.1) is 0 Å². The molecule has 1 amide bonds. The average molecular weight is 441 g/mol. The summed E-state index contributed by atoms with van der Waals surface area (Å²) in [7, 11) is -3.35. The van der Waals surface area contributed by atoms with Gasteiger partial charge < -0.3 is 5.32 Å². The first-order valence-electron chi connectivity index (χ1n) is 11.4. The topological polar surface area (TPSA) is 66.5 Å². The van der Waals surface area contributed by atoms with Crippen LogP contribution < -0.4 is 5.32 Å². The number of hydrogen-bond acceptors (Lipinski definition) is 3. The summed E-state index contributed by atoms with van der Waals surface area (Å²) >= 11 is 0. The third-order valence-corrected chi connectivity index (χ3v) is 8.47. The molecule has 6 heteroatoms. The van der Waals surface area contributed by atoms with Crippen molar-refractivity contribution in [2.75, 3.05) is 18.8 Å². The van der Waals surface area contributed by atoms with Crippen LogP contribution in [0.3, 0.4) is 0 Å². The van der Waals surface area contributed by atoms with Gasteiger partial charge in [-0.3, -0.25) is 4.79 Å². The number of sulfonamides is 1. The molecular weight excluding hydrogens is 408 g/mol.